The molecule has 2 heterocycles. The minimum Gasteiger partial charge on any atom is -0.497 e. The second-order valence-corrected chi connectivity index (χ2v) is 7.77. The number of ether oxygens (including phenoxy) is 2. The highest BCUT2D eigenvalue weighted by Crippen LogP contribution is 2.31. The average Bonchev–Trinajstić information content (AvgIpc) is 3.31. The van der Waals surface area contributed by atoms with E-state index in [0.717, 1.165) is 6.42 Å². The number of nitrogens with one attached hydrogen (secondary N) is 1. The van der Waals surface area contributed by atoms with Crippen LogP contribution in [0.15, 0.2) is 51.8 Å². The first-order valence-corrected chi connectivity index (χ1v) is 10.8. The zero-order valence-electron chi connectivity index (χ0n) is 19.2. The van der Waals surface area contributed by atoms with Crippen LogP contribution in [-0.2, 0) is 13.1 Å². The number of methoxy groups -OCH3 is 2. The minimum absolute atomic E-state index is 0.147. The number of fused-ring (bicyclic) bond motifs is 1. The molecule has 0 radical (unpaired) electrons. The minimum atomic E-state index is -0.147. The van der Waals surface area contributed by atoms with Crippen LogP contribution < -0.4 is 15.0 Å². The van der Waals surface area contributed by atoms with Crippen LogP contribution in [0.4, 0.5) is 0 Å². The number of para-hydroxylation sites is 1. The van der Waals surface area contributed by atoms with Gasteiger partial charge in [-0.25, -0.2) is 4.98 Å². The number of rotatable bonds is 9. The second-order valence-electron chi connectivity index (χ2n) is 7.77. The van der Waals surface area contributed by atoms with Crippen molar-refractivity contribution in [1.29, 1.82) is 0 Å². The molecule has 0 fully saturated rings. The van der Waals surface area contributed by atoms with E-state index in [1.165, 1.54) is 0 Å². The summed E-state index contributed by atoms with van der Waals surface area (Å²) >= 11 is 0. The number of benzene rings is 2. The molecule has 0 aliphatic carbocycles. The summed E-state index contributed by atoms with van der Waals surface area (Å²) in [6.07, 6.45) is 0.908. The molecule has 4 rings (SSSR count). The van der Waals surface area contributed by atoms with Crippen LogP contribution in [0.5, 0.6) is 11.5 Å². The predicted octanol–water partition coefficient (Wildman–Crippen LogP) is 3.79. The number of H-pyrrole nitrogens is 1. The monoisotopic (exact) mass is 449 g/mol. The molecule has 172 valence electrons. The van der Waals surface area contributed by atoms with Gasteiger partial charge in [0, 0.05) is 12.1 Å². The Hall–Kier alpha value is -3.72. The molecular weight excluding hydrogens is 422 g/mol. The Bertz CT molecular complexity index is 1300. The van der Waals surface area contributed by atoms with Crippen molar-refractivity contribution in [2.24, 2.45) is 0 Å². The summed E-state index contributed by atoms with van der Waals surface area (Å²) in [7, 11) is 3.18. The average molecular weight is 450 g/mol. The topological polar surface area (TPSA) is 106 Å². The molecule has 0 saturated carbocycles. The Labute approximate surface area is 191 Å². The van der Waals surface area contributed by atoms with Gasteiger partial charge in [0.2, 0.25) is 11.7 Å². The highest BCUT2D eigenvalue weighted by Gasteiger charge is 2.20. The van der Waals surface area contributed by atoms with Gasteiger partial charge < -0.3 is 19.0 Å². The number of aromatic amines is 1. The molecule has 1 unspecified atom stereocenters. The summed E-state index contributed by atoms with van der Waals surface area (Å²) in [5.41, 5.74) is 1.24. The smallest absolute Gasteiger partial charge is 0.258 e. The van der Waals surface area contributed by atoms with E-state index in [1.54, 1.807) is 26.4 Å². The van der Waals surface area contributed by atoms with Gasteiger partial charge in [-0.2, -0.15) is 4.98 Å². The van der Waals surface area contributed by atoms with E-state index in [4.69, 9.17) is 14.0 Å². The number of hydrogen-bond acceptors (Lipinski definition) is 8. The van der Waals surface area contributed by atoms with Gasteiger partial charge in [-0.05, 0) is 37.6 Å². The van der Waals surface area contributed by atoms with Crippen molar-refractivity contribution in [1.82, 2.24) is 25.0 Å². The van der Waals surface area contributed by atoms with Crippen molar-refractivity contribution in [3.63, 3.8) is 0 Å². The Morgan fingerprint density at radius 1 is 1.09 bits per heavy atom. The van der Waals surface area contributed by atoms with E-state index in [0.29, 0.717) is 58.6 Å². The summed E-state index contributed by atoms with van der Waals surface area (Å²) in [4.78, 5) is 26.7. The highest BCUT2D eigenvalue weighted by atomic mass is 16.5. The van der Waals surface area contributed by atoms with Gasteiger partial charge in [0.1, 0.15) is 17.3 Å². The van der Waals surface area contributed by atoms with E-state index in [1.807, 2.05) is 30.3 Å². The number of hydrogen-bond donors (Lipinski definition) is 1. The normalized spacial score (nSPS) is 12.3. The van der Waals surface area contributed by atoms with E-state index in [-0.39, 0.29) is 11.6 Å². The molecule has 0 saturated heterocycles. The van der Waals surface area contributed by atoms with Crippen LogP contribution in [0.1, 0.15) is 32.0 Å². The maximum atomic E-state index is 12.5. The van der Waals surface area contributed by atoms with Gasteiger partial charge in [-0.3, -0.25) is 9.69 Å². The molecule has 9 heteroatoms. The van der Waals surface area contributed by atoms with E-state index in [2.05, 4.69) is 38.9 Å². The van der Waals surface area contributed by atoms with Crippen LogP contribution >= 0.6 is 0 Å². The molecule has 33 heavy (non-hydrogen) atoms. The summed E-state index contributed by atoms with van der Waals surface area (Å²) in [6.45, 7) is 5.08. The van der Waals surface area contributed by atoms with Crippen molar-refractivity contribution >= 4 is 10.9 Å². The molecule has 0 aliphatic rings. The lowest BCUT2D eigenvalue weighted by Gasteiger charge is -2.26. The fraction of sp³-hybridized carbons (Fsp3) is 0.333. The van der Waals surface area contributed by atoms with E-state index in [9.17, 15) is 4.79 Å². The molecule has 0 aliphatic heterocycles. The second kappa shape index (κ2) is 9.83. The lowest BCUT2D eigenvalue weighted by atomic mass is 10.2. The molecule has 0 bridgehead atoms. The third-order valence-electron chi connectivity index (χ3n) is 5.68. The van der Waals surface area contributed by atoms with Crippen LogP contribution in [0, 0.1) is 0 Å². The van der Waals surface area contributed by atoms with Crippen molar-refractivity contribution in [2.45, 2.75) is 39.4 Å². The van der Waals surface area contributed by atoms with Gasteiger partial charge in [0.05, 0.1) is 43.8 Å². The zero-order chi connectivity index (χ0) is 23.4. The zero-order valence-corrected chi connectivity index (χ0v) is 19.2. The van der Waals surface area contributed by atoms with Crippen molar-refractivity contribution < 1.29 is 14.0 Å². The van der Waals surface area contributed by atoms with Crippen molar-refractivity contribution in [3.05, 3.63) is 64.5 Å². The van der Waals surface area contributed by atoms with E-state index >= 15 is 0 Å². The van der Waals surface area contributed by atoms with Gasteiger partial charge in [-0.1, -0.05) is 24.2 Å². The summed E-state index contributed by atoms with van der Waals surface area (Å²) in [5.74, 6) is 2.77. The van der Waals surface area contributed by atoms with Crippen LogP contribution in [0.25, 0.3) is 22.3 Å². The summed E-state index contributed by atoms with van der Waals surface area (Å²) in [5, 5.41) is 4.72. The standard InChI is InChI=1S/C24H27N5O4/c1-5-15(2)29(13-21-25-19-9-7-6-8-17(19)24(30)26-21)14-22-27-23(28-33-22)18-11-10-16(31-3)12-20(18)32-4/h6-12,15H,5,13-14H2,1-4H3,(H,25,26,30). The first-order chi connectivity index (χ1) is 16.0. The lowest BCUT2D eigenvalue weighted by Crippen LogP contribution is -2.33. The summed E-state index contributed by atoms with van der Waals surface area (Å²) in [6, 6.07) is 12.9. The Kier molecular flexibility index (Phi) is 6.69. The quantitative estimate of drug-likeness (QED) is 0.411. The van der Waals surface area contributed by atoms with Crippen molar-refractivity contribution in [3.8, 4) is 22.9 Å². The maximum absolute atomic E-state index is 12.5. The van der Waals surface area contributed by atoms with Crippen molar-refractivity contribution in [2.75, 3.05) is 14.2 Å². The fourth-order valence-electron chi connectivity index (χ4n) is 3.61. The molecule has 0 spiro atoms. The molecule has 1 atom stereocenters. The number of aromatic nitrogens is 4. The van der Waals surface area contributed by atoms with Gasteiger partial charge in [-0.15, -0.1) is 0 Å². The molecular formula is C24H27N5O4. The highest BCUT2D eigenvalue weighted by molar-refractivity contribution is 5.77. The molecule has 1 N–H and O–H groups in total. The van der Waals surface area contributed by atoms with Crippen LogP contribution in [-0.4, -0.2) is 45.3 Å². The van der Waals surface area contributed by atoms with Gasteiger partial charge in [0.25, 0.3) is 5.56 Å². The summed E-state index contributed by atoms with van der Waals surface area (Å²) < 4.78 is 16.3. The van der Waals surface area contributed by atoms with Crippen LogP contribution in [0.2, 0.25) is 0 Å². The molecule has 9 nitrogen and oxygen atoms in total. The molecule has 2 aromatic carbocycles. The maximum Gasteiger partial charge on any atom is 0.258 e. The number of nitrogens with zero attached hydrogens (tertiary/aromatic N) is 4. The Balaban J connectivity index is 1.58. The van der Waals surface area contributed by atoms with Gasteiger partial charge in [0.15, 0.2) is 0 Å². The third-order valence-corrected chi connectivity index (χ3v) is 5.68. The SMILES string of the molecule is CCC(C)N(Cc1nc2ccccc2c(=O)[nH]1)Cc1nc(-c2ccc(OC)cc2OC)no1. The molecule has 4 aromatic rings. The Morgan fingerprint density at radius 2 is 1.91 bits per heavy atom. The van der Waals surface area contributed by atoms with Gasteiger partial charge >= 0.3 is 0 Å². The third kappa shape index (κ3) is 4.88. The predicted molar refractivity (Wildman–Crippen MR) is 124 cm³/mol. The van der Waals surface area contributed by atoms with E-state index < -0.39 is 0 Å². The Morgan fingerprint density at radius 3 is 2.67 bits per heavy atom. The van der Waals surface area contributed by atoms with Crippen LogP contribution in [0.3, 0.4) is 0 Å². The molecule has 0 amide bonds. The first kappa shape index (κ1) is 22.5. The fourth-order valence-corrected chi connectivity index (χ4v) is 3.61. The lowest BCUT2D eigenvalue weighted by molar-refractivity contribution is 0.158. The largest absolute Gasteiger partial charge is 0.497 e. The molecule has 2 aromatic heterocycles. The first-order valence-electron chi connectivity index (χ1n) is 10.8.